The minimum Gasteiger partial charge on any atom is -0.352 e. The summed E-state index contributed by atoms with van der Waals surface area (Å²) in [6, 6.07) is 19.9. The van der Waals surface area contributed by atoms with Crippen molar-refractivity contribution in [1.29, 1.82) is 0 Å². The Bertz CT molecular complexity index is 804. The molecule has 2 aromatic carbocycles. The zero-order valence-corrected chi connectivity index (χ0v) is 14.1. The van der Waals surface area contributed by atoms with Gasteiger partial charge in [0.05, 0.1) is 5.56 Å². The van der Waals surface area contributed by atoms with Crippen LogP contribution in [0.4, 0.5) is 11.6 Å². The van der Waals surface area contributed by atoms with Crippen LogP contribution in [0.25, 0.3) is 0 Å². The SMILES string of the molecule is CN(c1ccccc1)c1ncc(C(=O)NCCc2ccccc2)cn1. The number of nitrogens with zero attached hydrogens (tertiary/aromatic N) is 3. The number of para-hydroxylation sites is 1. The number of anilines is 2. The fourth-order valence-corrected chi connectivity index (χ4v) is 2.45. The van der Waals surface area contributed by atoms with Gasteiger partial charge in [0, 0.05) is 31.7 Å². The Labute approximate surface area is 147 Å². The molecule has 5 nitrogen and oxygen atoms in total. The fourth-order valence-electron chi connectivity index (χ4n) is 2.45. The molecule has 1 heterocycles. The number of carbonyl (C=O) groups excluding carboxylic acids is 1. The number of nitrogens with one attached hydrogen (secondary N) is 1. The zero-order valence-electron chi connectivity index (χ0n) is 14.1. The average molecular weight is 332 g/mol. The van der Waals surface area contributed by atoms with E-state index in [1.165, 1.54) is 5.56 Å². The van der Waals surface area contributed by atoms with Crippen molar-refractivity contribution >= 4 is 17.5 Å². The first kappa shape index (κ1) is 16.6. The molecule has 3 aromatic rings. The average Bonchev–Trinajstić information content (AvgIpc) is 2.69. The van der Waals surface area contributed by atoms with Crippen molar-refractivity contribution in [2.24, 2.45) is 0 Å². The van der Waals surface area contributed by atoms with Gasteiger partial charge in [0.25, 0.3) is 5.91 Å². The van der Waals surface area contributed by atoms with Crippen LogP contribution in [-0.4, -0.2) is 29.5 Å². The maximum absolute atomic E-state index is 12.2. The van der Waals surface area contributed by atoms with Crippen LogP contribution in [0.5, 0.6) is 0 Å². The minimum absolute atomic E-state index is 0.162. The Kier molecular flexibility index (Phi) is 5.36. The van der Waals surface area contributed by atoms with Gasteiger partial charge in [-0.3, -0.25) is 4.79 Å². The topological polar surface area (TPSA) is 58.1 Å². The Balaban J connectivity index is 1.57. The van der Waals surface area contributed by atoms with E-state index in [1.54, 1.807) is 12.4 Å². The maximum atomic E-state index is 12.2. The molecule has 1 N–H and O–H groups in total. The van der Waals surface area contributed by atoms with E-state index in [2.05, 4.69) is 15.3 Å². The molecule has 0 saturated heterocycles. The lowest BCUT2D eigenvalue weighted by atomic mass is 10.1. The van der Waals surface area contributed by atoms with E-state index in [-0.39, 0.29) is 5.91 Å². The van der Waals surface area contributed by atoms with E-state index < -0.39 is 0 Å². The van der Waals surface area contributed by atoms with Gasteiger partial charge in [0.2, 0.25) is 5.95 Å². The van der Waals surface area contributed by atoms with Crippen molar-refractivity contribution in [3.63, 3.8) is 0 Å². The highest BCUT2D eigenvalue weighted by atomic mass is 16.1. The summed E-state index contributed by atoms with van der Waals surface area (Å²) in [7, 11) is 1.89. The third-order valence-corrected chi connectivity index (χ3v) is 3.89. The highest BCUT2D eigenvalue weighted by molar-refractivity contribution is 5.93. The Morgan fingerprint density at radius 3 is 2.20 bits per heavy atom. The Hall–Kier alpha value is -3.21. The summed E-state index contributed by atoms with van der Waals surface area (Å²) in [5, 5.41) is 2.90. The van der Waals surface area contributed by atoms with E-state index >= 15 is 0 Å². The highest BCUT2D eigenvalue weighted by Gasteiger charge is 2.10. The maximum Gasteiger partial charge on any atom is 0.254 e. The van der Waals surface area contributed by atoms with Crippen molar-refractivity contribution < 1.29 is 4.79 Å². The van der Waals surface area contributed by atoms with Crippen LogP contribution >= 0.6 is 0 Å². The summed E-state index contributed by atoms with van der Waals surface area (Å²) in [5.74, 6) is 0.386. The third-order valence-electron chi connectivity index (χ3n) is 3.89. The predicted octanol–water partition coefficient (Wildman–Crippen LogP) is 3.22. The second-order valence-corrected chi connectivity index (χ2v) is 5.66. The largest absolute Gasteiger partial charge is 0.352 e. The molecular weight excluding hydrogens is 312 g/mol. The van der Waals surface area contributed by atoms with Gasteiger partial charge in [-0.2, -0.15) is 0 Å². The molecule has 0 aliphatic rings. The first-order valence-corrected chi connectivity index (χ1v) is 8.17. The summed E-state index contributed by atoms with van der Waals surface area (Å²) in [5.41, 5.74) is 2.64. The minimum atomic E-state index is -0.162. The van der Waals surface area contributed by atoms with Crippen LogP contribution in [0, 0.1) is 0 Å². The van der Waals surface area contributed by atoms with Gasteiger partial charge >= 0.3 is 0 Å². The van der Waals surface area contributed by atoms with Gasteiger partial charge in [-0.25, -0.2) is 9.97 Å². The number of amides is 1. The fraction of sp³-hybridized carbons (Fsp3) is 0.150. The molecule has 1 aromatic heterocycles. The molecule has 0 aliphatic carbocycles. The molecule has 1 amide bonds. The van der Waals surface area contributed by atoms with Gasteiger partial charge in [-0.05, 0) is 24.1 Å². The summed E-state index contributed by atoms with van der Waals surface area (Å²) in [4.78, 5) is 22.6. The number of hydrogen-bond acceptors (Lipinski definition) is 4. The van der Waals surface area contributed by atoms with Gasteiger partial charge in [0.15, 0.2) is 0 Å². The second kappa shape index (κ2) is 8.06. The van der Waals surface area contributed by atoms with Crippen LogP contribution in [0.2, 0.25) is 0 Å². The van der Waals surface area contributed by atoms with Gasteiger partial charge < -0.3 is 10.2 Å². The molecule has 0 saturated carbocycles. The molecule has 0 spiro atoms. The van der Waals surface area contributed by atoms with Crippen molar-refractivity contribution in [3.8, 4) is 0 Å². The van der Waals surface area contributed by atoms with Gasteiger partial charge in [0.1, 0.15) is 0 Å². The van der Waals surface area contributed by atoms with E-state index in [4.69, 9.17) is 0 Å². The molecule has 126 valence electrons. The Morgan fingerprint density at radius 2 is 1.56 bits per heavy atom. The van der Waals surface area contributed by atoms with E-state index in [1.807, 2.05) is 72.6 Å². The molecule has 0 atom stereocenters. The predicted molar refractivity (Wildman–Crippen MR) is 99.0 cm³/mol. The highest BCUT2D eigenvalue weighted by Crippen LogP contribution is 2.18. The van der Waals surface area contributed by atoms with E-state index in [9.17, 15) is 4.79 Å². The van der Waals surface area contributed by atoms with Crippen LogP contribution in [0.1, 0.15) is 15.9 Å². The van der Waals surface area contributed by atoms with Crippen LogP contribution in [0.3, 0.4) is 0 Å². The molecule has 0 bridgehead atoms. The standard InChI is InChI=1S/C20H20N4O/c1-24(18-10-6-3-7-11-18)20-22-14-17(15-23-20)19(25)21-13-12-16-8-4-2-5-9-16/h2-11,14-15H,12-13H2,1H3,(H,21,25). The lowest BCUT2D eigenvalue weighted by Gasteiger charge is -2.16. The zero-order chi connectivity index (χ0) is 17.5. The van der Waals surface area contributed by atoms with Gasteiger partial charge in [-0.15, -0.1) is 0 Å². The molecule has 25 heavy (non-hydrogen) atoms. The molecule has 0 radical (unpaired) electrons. The van der Waals surface area contributed by atoms with Gasteiger partial charge in [-0.1, -0.05) is 48.5 Å². The first-order valence-electron chi connectivity index (χ1n) is 8.17. The first-order chi connectivity index (χ1) is 12.2. The molecule has 0 fully saturated rings. The smallest absolute Gasteiger partial charge is 0.254 e. The lowest BCUT2D eigenvalue weighted by Crippen LogP contribution is -2.26. The third kappa shape index (κ3) is 4.41. The molecule has 0 unspecified atom stereocenters. The Morgan fingerprint density at radius 1 is 0.960 bits per heavy atom. The monoisotopic (exact) mass is 332 g/mol. The second-order valence-electron chi connectivity index (χ2n) is 5.66. The number of benzene rings is 2. The van der Waals surface area contributed by atoms with Crippen LogP contribution in [-0.2, 0) is 6.42 Å². The normalized spacial score (nSPS) is 10.3. The van der Waals surface area contributed by atoms with Crippen molar-refractivity contribution in [1.82, 2.24) is 15.3 Å². The summed E-state index contributed by atoms with van der Waals surface area (Å²) >= 11 is 0. The summed E-state index contributed by atoms with van der Waals surface area (Å²) in [6.07, 6.45) is 3.90. The van der Waals surface area contributed by atoms with Crippen molar-refractivity contribution in [2.45, 2.75) is 6.42 Å². The van der Waals surface area contributed by atoms with E-state index in [0.717, 1.165) is 12.1 Å². The molecule has 0 aliphatic heterocycles. The molecule has 5 heteroatoms. The van der Waals surface area contributed by atoms with Crippen LogP contribution in [0.15, 0.2) is 73.1 Å². The molecular formula is C20H20N4O. The van der Waals surface area contributed by atoms with E-state index in [0.29, 0.717) is 18.1 Å². The number of rotatable bonds is 6. The van der Waals surface area contributed by atoms with Crippen LogP contribution < -0.4 is 10.2 Å². The molecule has 3 rings (SSSR count). The number of aromatic nitrogens is 2. The van der Waals surface area contributed by atoms with Crippen molar-refractivity contribution in [3.05, 3.63) is 84.2 Å². The number of hydrogen-bond donors (Lipinski definition) is 1. The lowest BCUT2D eigenvalue weighted by molar-refractivity contribution is 0.0953. The number of carbonyl (C=O) groups is 1. The summed E-state index contributed by atoms with van der Waals surface area (Å²) in [6.45, 7) is 0.578. The summed E-state index contributed by atoms with van der Waals surface area (Å²) < 4.78 is 0. The van der Waals surface area contributed by atoms with Crippen molar-refractivity contribution in [2.75, 3.05) is 18.5 Å². The quantitative estimate of drug-likeness (QED) is 0.753.